The molecule has 4 heteroatoms. The van der Waals surface area contributed by atoms with E-state index in [4.69, 9.17) is 9.97 Å². The average Bonchev–Trinajstić information content (AvgIpc) is 3.90. The fourth-order valence-electron chi connectivity index (χ4n) is 10.9. The molecule has 264 valence electrons. The summed E-state index contributed by atoms with van der Waals surface area (Å²) in [4.78, 5) is 11.5. The molecule has 2 aliphatic carbocycles. The summed E-state index contributed by atoms with van der Waals surface area (Å²) in [6.45, 7) is 0. The van der Waals surface area contributed by atoms with Crippen LogP contribution in [0.2, 0.25) is 0 Å². The average molecular weight is 734 g/mol. The molecular weight excluding hydrogens is 699 g/mol. The van der Waals surface area contributed by atoms with Gasteiger partial charge in [-0.3, -0.25) is 4.57 Å². The Morgan fingerprint density at radius 1 is 0.518 bits per heavy atom. The van der Waals surface area contributed by atoms with E-state index in [0.29, 0.717) is 0 Å². The van der Waals surface area contributed by atoms with Crippen LogP contribution in [-0.4, -0.2) is 14.5 Å². The van der Waals surface area contributed by atoms with Gasteiger partial charge in [0.2, 0.25) is 5.95 Å². The van der Waals surface area contributed by atoms with E-state index in [1.807, 2.05) is 0 Å². The summed E-state index contributed by atoms with van der Waals surface area (Å²) in [5.74, 6) is 0.735. The molecule has 1 saturated carbocycles. The highest BCUT2D eigenvalue weighted by molar-refractivity contribution is 7.26. The summed E-state index contributed by atoms with van der Waals surface area (Å²) >= 11 is 1.80. The molecule has 2 aliphatic rings. The molecule has 1 fully saturated rings. The maximum Gasteiger partial charge on any atom is 0.235 e. The van der Waals surface area contributed by atoms with E-state index in [9.17, 15) is 0 Å². The first-order chi connectivity index (χ1) is 27.8. The number of thiophene rings is 1. The molecular formula is C52H35N3S. The van der Waals surface area contributed by atoms with Gasteiger partial charge in [0.1, 0.15) is 0 Å². The summed E-state index contributed by atoms with van der Waals surface area (Å²) in [7, 11) is 0. The van der Waals surface area contributed by atoms with Crippen molar-refractivity contribution in [1.29, 1.82) is 0 Å². The highest BCUT2D eigenvalue weighted by Crippen LogP contribution is 2.61. The van der Waals surface area contributed by atoms with Crippen LogP contribution in [0.4, 0.5) is 0 Å². The Morgan fingerprint density at radius 3 is 2.04 bits per heavy atom. The third-order valence-electron chi connectivity index (χ3n) is 13.2. The minimum atomic E-state index is -0.0912. The van der Waals surface area contributed by atoms with Crippen molar-refractivity contribution in [2.75, 3.05) is 0 Å². The van der Waals surface area contributed by atoms with Crippen molar-refractivity contribution in [2.45, 2.75) is 37.5 Å². The van der Waals surface area contributed by atoms with E-state index in [1.54, 1.807) is 11.3 Å². The zero-order valence-corrected chi connectivity index (χ0v) is 31.5. The molecule has 0 aliphatic heterocycles. The van der Waals surface area contributed by atoms with Crippen LogP contribution in [0.5, 0.6) is 0 Å². The molecule has 0 saturated heterocycles. The zero-order chi connectivity index (χ0) is 36.5. The third-order valence-corrected chi connectivity index (χ3v) is 14.3. The number of rotatable bonds is 2. The van der Waals surface area contributed by atoms with Gasteiger partial charge in [-0.15, -0.1) is 11.3 Å². The summed E-state index contributed by atoms with van der Waals surface area (Å²) < 4.78 is 4.85. The molecule has 0 amide bonds. The van der Waals surface area contributed by atoms with Crippen LogP contribution >= 0.6 is 11.3 Å². The Kier molecular flexibility index (Phi) is 6.26. The predicted octanol–water partition coefficient (Wildman–Crippen LogP) is 14.3. The van der Waals surface area contributed by atoms with E-state index < -0.39 is 0 Å². The molecule has 0 bridgehead atoms. The van der Waals surface area contributed by atoms with Gasteiger partial charge in [0, 0.05) is 31.8 Å². The number of fused-ring (bicyclic) bond motifs is 18. The van der Waals surface area contributed by atoms with Crippen molar-refractivity contribution >= 4 is 85.8 Å². The minimum Gasteiger partial charge on any atom is -0.278 e. The lowest BCUT2D eigenvalue weighted by Crippen LogP contribution is -2.28. The number of hydrogen-bond donors (Lipinski definition) is 0. The first-order valence-corrected chi connectivity index (χ1v) is 20.8. The Bertz CT molecular complexity index is 3470. The van der Waals surface area contributed by atoms with Gasteiger partial charge in [-0.05, 0) is 79.5 Å². The van der Waals surface area contributed by atoms with Gasteiger partial charge in [-0.1, -0.05) is 159 Å². The Labute approximate surface area is 327 Å². The number of benzene rings is 8. The molecule has 56 heavy (non-hydrogen) atoms. The van der Waals surface area contributed by atoms with E-state index in [0.717, 1.165) is 45.8 Å². The van der Waals surface area contributed by atoms with Crippen LogP contribution in [0.3, 0.4) is 0 Å². The van der Waals surface area contributed by atoms with Gasteiger partial charge in [0.15, 0.2) is 0 Å². The van der Waals surface area contributed by atoms with Crippen LogP contribution in [0.15, 0.2) is 152 Å². The first kappa shape index (κ1) is 30.9. The largest absolute Gasteiger partial charge is 0.278 e. The van der Waals surface area contributed by atoms with Gasteiger partial charge >= 0.3 is 0 Å². The fraction of sp³-hybridized carbons (Fsp3) is 0.115. The topological polar surface area (TPSA) is 30.7 Å². The predicted molar refractivity (Wildman–Crippen MR) is 237 cm³/mol. The smallest absolute Gasteiger partial charge is 0.235 e. The van der Waals surface area contributed by atoms with E-state index in [1.165, 1.54) is 100 Å². The van der Waals surface area contributed by atoms with Crippen molar-refractivity contribution in [3.8, 4) is 28.3 Å². The molecule has 3 heterocycles. The van der Waals surface area contributed by atoms with E-state index in [2.05, 4.69) is 156 Å². The van der Waals surface area contributed by atoms with Crippen LogP contribution < -0.4 is 0 Å². The first-order valence-electron chi connectivity index (χ1n) is 20.0. The fourth-order valence-corrected chi connectivity index (χ4v) is 12.1. The van der Waals surface area contributed by atoms with Crippen molar-refractivity contribution in [1.82, 2.24) is 14.5 Å². The molecule has 11 aromatic rings. The molecule has 13 rings (SSSR count). The molecule has 0 radical (unpaired) electrons. The normalized spacial score (nSPS) is 14.9. The molecule has 0 atom stereocenters. The van der Waals surface area contributed by atoms with E-state index in [-0.39, 0.29) is 5.41 Å². The minimum absolute atomic E-state index is 0.0912. The quantitative estimate of drug-likeness (QED) is 0.177. The van der Waals surface area contributed by atoms with Crippen LogP contribution in [-0.2, 0) is 5.41 Å². The number of nitrogens with zero attached hydrogens (tertiary/aromatic N) is 3. The summed E-state index contributed by atoms with van der Waals surface area (Å²) in [5.41, 5.74) is 11.2. The van der Waals surface area contributed by atoms with Crippen LogP contribution in [0.25, 0.3) is 103 Å². The molecule has 0 unspecified atom stereocenters. The standard InChI is InChI=1S/C52H35N3S/c1-12-29-52(30-13-1)40-25-10-8-22-38(40)43-35-20-6-7-21-36(35)45-44-34-19-5-3-16-32(34)27-28-41(44)55(49(45)46(43)52)51-53-47(37-24-14-17-31-15-2-4-18-33(31)37)50-48(54-51)39-23-9-11-26-42(39)56-50/h2-11,14-28H,1,12-13,29-30H2. The molecule has 1 spiro atoms. The summed E-state index contributed by atoms with van der Waals surface area (Å²) in [5, 5.41) is 11.3. The van der Waals surface area contributed by atoms with Crippen LogP contribution in [0.1, 0.15) is 43.2 Å². The van der Waals surface area contributed by atoms with Crippen molar-refractivity contribution in [3.63, 3.8) is 0 Å². The maximum atomic E-state index is 5.79. The highest BCUT2D eigenvalue weighted by Gasteiger charge is 2.47. The zero-order valence-electron chi connectivity index (χ0n) is 30.7. The second-order valence-corrected chi connectivity index (χ2v) is 17.0. The lowest BCUT2D eigenvalue weighted by atomic mass is 9.67. The maximum absolute atomic E-state index is 5.79. The lowest BCUT2D eigenvalue weighted by Gasteiger charge is -2.36. The second kappa shape index (κ2) is 11.3. The number of aromatic nitrogens is 3. The van der Waals surface area contributed by atoms with Gasteiger partial charge < -0.3 is 0 Å². The Balaban J connectivity index is 1.29. The van der Waals surface area contributed by atoms with Gasteiger partial charge in [0.05, 0.1) is 26.9 Å². The van der Waals surface area contributed by atoms with Gasteiger partial charge in [-0.2, -0.15) is 0 Å². The van der Waals surface area contributed by atoms with Crippen molar-refractivity contribution < 1.29 is 0 Å². The molecule has 0 N–H and O–H groups in total. The van der Waals surface area contributed by atoms with E-state index >= 15 is 0 Å². The Hall–Kier alpha value is -6.36. The summed E-state index contributed by atoms with van der Waals surface area (Å²) in [6.07, 6.45) is 6.01. The van der Waals surface area contributed by atoms with Crippen molar-refractivity contribution in [3.05, 3.63) is 163 Å². The van der Waals surface area contributed by atoms with Gasteiger partial charge in [-0.25, -0.2) is 9.97 Å². The third kappa shape index (κ3) is 3.97. The molecule has 8 aromatic carbocycles. The summed E-state index contributed by atoms with van der Waals surface area (Å²) in [6, 6.07) is 56.1. The Morgan fingerprint density at radius 2 is 1.18 bits per heavy atom. The SMILES string of the molecule is c1ccc2c(c1)-c1c(c3c(c4ccccc14)c1c4ccccc4ccc1n3-c1nc(-c3cccc4ccccc34)c3sc4ccccc4c3n1)C21CCCCC1. The molecule has 3 aromatic heterocycles. The van der Waals surface area contributed by atoms with Crippen LogP contribution in [0, 0.1) is 0 Å². The van der Waals surface area contributed by atoms with Gasteiger partial charge in [0.25, 0.3) is 0 Å². The monoisotopic (exact) mass is 733 g/mol. The lowest BCUT2D eigenvalue weighted by molar-refractivity contribution is 0.354. The second-order valence-electron chi connectivity index (χ2n) is 15.9. The number of hydrogen-bond acceptors (Lipinski definition) is 3. The molecule has 3 nitrogen and oxygen atoms in total. The van der Waals surface area contributed by atoms with Crippen molar-refractivity contribution in [2.24, 2.45) is 0 Å². The highest BCUT2D eigenvalue weighted by atomic mass is 32.1.